The fraction of sp³-hybridized carbons (Fsp3) is 0.429. The van der Waals surface area contributed by atoms with E-state index >= 15 is 0 Å². The highest BCUT2D eigenvalue weighted by molar-refractivity contribution is 5.96. The molecule has 0 spiro atoms. The van der Waals surface area contributed by atoms with Crippen LogP contribution in [0.4, 0.5) is 5.69 Å². The van der Waals surface area contributed by atoms with Crippen LogP contribution in [0.1, 0.15) is 29.8 Å². The van der Waals surface area contributed by atoms with Gasteiger partial charge in [0.2, 0.25) is 5.91 Å². The van der Waals surface area contributed by atoms with Crippen LogP contribution >= 0.6 is 0 Å². The molecule has 1 rings (SSSR count). The number of nitrogens with two attached hydrogens (primary N) is 1. The summed E-state index contributed by atoms with van der Waals surface area (Å²) < 4.78 is 4.64. The predicted octanol–water partition coefficient (Wildman–Crippen LogP) is 1.70. The van der Waals surface area contributed by atoms with Crippen molar-refractivity contribution in [3.8, 4) is 0 Å². The number of anilines is 1. The third-order valence-electron chi connectivity index (χ3n) is 2.93. The van der Waals surface area contributed by atoms with E-state index in [0.717, 1.165) is 5.56 Å². The number of nitrogens with one attached hydrogen (secondary N) is 1. The normalized spacial score (nSPS) is 12.1. The van der Waals surface area contributed by atoms with Gasteiger partial charge in [0.25, 0.3) is 0 Å². The summed E-state index contributed by atoms with van der Waals surface area (Å²) in [5, 5.41) is 2.76. The number of benzene rings is 1. The van der Waals surface area contributed by atoms with Crippen LogP contribution in [0, 0.1) is 12.8 Å². The van der Waals surface area contributed by atoms with Crippen molar-refractivity contribution in [3.05, 3.63) is 29.3 Å². The predicted molar refractivity (Wildman–Crippen MR) is 74.0 cm³/mol. The number of carbonyl (C=O) groups is 2. The van der Waals surface area contributed by atoms with Gasteiger partial charge in [0.15, 0.2) is 0 Å². The van der Waals surface area contributed by atoms with Gasteiger partial charge in [0, 0.05) is 5.69 Å². The Morgan fingerprint density at radius 2 is 1.95 bits per heavy atom. The van der Waals surface area contributed by atoms with Gasteiger partial charge >= 0.3 is 5.97 Å². The Morgan fingerprint density at radius 3 is 2.42 bits per heavy atom. The van der Waals surface area contributed by atoms with Gasteiger partial charge in [0.05, 0.1) is 18.7 Å². The topological polar surface area (TPSA) is 81.4 Å². The van der Waals surface area contributed by atoms with E-state index in [2.05, 4.69) is 10.1 Å². The smallest absolute Gasteiger partial charge is 0.337 e. The number of amides is 1. The number of ether oxygens (including phenoxy) is 1. The fourth-order valence-electron chi connectivity index (χ4n) is 1.57. The number of aryl methyl sites for hydroxylation is 1. The minimum Gasteiger partial charge on any atom is -0.465 e. The first-order chi connectivity index (χ1) is 8.86. The highest BCUT2D eigenvalue weighted by Gasteiger charge is 2.18. The van der Waals surface area contributed by atoms with E-state index in [9.17, 15) is 9.59 Å². The van der Waals surface area contributed by atoms with Gasteiger partial charge in [-0.25, -0.2) is 4.79 Å². The number of esters is 1. The third kappa shape index (κ3) is 3.79. The van der Waals surface area contributed by atoms with Crippen molar-refractivity contribution in [3.63, 3.8) is 0 Å². The molecule has 3 N–H and O–H groups in total. The summed E-state index contributed by atoms with van der Waals surface area (Å²) >= 11 is 0. The van der Waals surface area contributed by atoms with Crippen LogP contribution in [0.25, 0.3) is 0 Å². The van der Waals surface area contributed by atoms with Crippen molar-refractivity contribution in [1.29, 1.82) is 0 Å². The first kappa shape index (κ1) is 15.2. The van der Waals surface area contributed by atoms with Gasteiger partial charge in [-0.3, -0.25) is 4.79 Å². The number of hydrogen-bond donors (Lipinski definition) is 2. The fourth-order valence-corrected chi connectivity index (χ4v) is 1.57. The summed E-state index contributed by atoms with van der Waals surface area (Å²) in [4.78, 5) is 23.2. The van der Waals surface area contributed by atoms with Crippen molar-refractivity contribution in [2.24, 2.45) is 11.7 Å². The maximum Gasteiger partial charge on any atom is 0.337 e. The molecule has 5 nitrogen and oxygen atoms in total. The molecule has 1 aromatic carbocycles. The number of carbonyl (C=O) groups excluding carboxylic acids is 2. The van der Waals surface area contributed by atoms with E-state index in [0.29, 0.717) is 11.3 Å². The van der Waals surface area contributed by atoms with Crippen molar-refractivity contribution in [2.75, 3.05) is 12.4 Å². The molecule has 1 atom stereocenters. The summed E-state index contributed by atoms with van der Waals surface area (Å²) in [6, 6.07) is 4.39. The summed E-state index contributed by atoms with van der Waals surface area (Å²) in [5.41, 5.74) is 7.65. The Morgan fingerprint density at radius 1 is 1.32 bits per heavy atom. The van der Waals surface area contributed by atoms with Crippen LogP contribution in [0.2, 0.25) is 0 Å². The van der Waals surface area contributed by atoms with Gasteiger partial charge in [-0.05, 0) is 36.6 Å². The molecule has 1 unspecified atom stereocenters. The van der Waals surface area contributed by atoms with Crippen LogP contribution in [0.5, 0.6) is 0 Å². The molecule has 0 saturated carbocycles. The monoisotopic (exact) mass is 264 g/mol. The molecule has 0 fully saturated rings. The molecule has 0 aliphatic rings. The molecule has 0 heterocycles. The molecular formula is C14H20N2O3. The van der Waals surface area contributed by atoms with Crippen molar-refractivity contribution in [2.45, 2.75) is 26.8 Å². The van der Waals surface area contributed by atoms with Crippen molar-refractivity contribution in [1.82, 2.24) is 0 Å². The number of hydrogen-bond acceptors (Lipinski definition) is 4. The zero-order valence-corrected chi connectivity index (χ0v) is 11.7. The van der Waals surface area contributed by atoms with E-state index in [1.54, 1.807) is 18.2 Å². The first-order valence-corrected chi connectivity index (χ1v) is 6.12. The second kappa shape index (κ2) is 6.33. The van der Waals surface area contributed by atoms with E-state index in [-0.39, 0.29) is 11.8 Å². The first-order valence-electron chi connectivity index (χ1n) is 6.12. The third-order valence-corrected chi connectivity index (χ3v) is 2.93. The Bertz CT molecular complexity index is 484. The molecule has 1 amide bonds. The lowest BCUT2D eigenvalue weighted by atomic mass is 10.0. The molecule has 1 aromatic rings. The van der Waals surface area contributed by atoms with Gasteiger partial charge in [-0.2, -0.15) is 0 Å². The Hall–Kier alpha value is -1.88. The molecule has 0 bridgehead atoms. The molecule has 19 heavy (non-hydrogen) atoms. The SMILES string of the molecule is COC(=O)c1ccc(NC(=O)C(N)C(C)C)c(C)c1. The van der Waals surface area contributed by atoms with Crippen LogP contribution < -0.4 is 11.1 Å². The van der Waals surface area contributed by atoms with Crippen LogP contribution in [-0.2, 0) is 9.53 Å². The molecule has 0 saturated heterocycles. The van der Waals surface area contributed by atoms with Crippen LogP contribution in [0.3, 0.4) is 0 Å². The van der Waals surface area contributed by atoms with Crippen molar-refractivity contribution >= 4 is 17.6 Å². The summed E-state index contributed by atoms with van der Waals surface area (Å²) in [7, 11) is 1.33. The maximum absolute atomic E-state index is 11.9. The van der Waals surface area contributed by atoms with Crippen molar-refractivity contribution < 1.29 is 14.3 Å². The summed E-state index contributed by atoms with van der Waals surface area (Å²) in [5.74, 6) is -0.571. The number of rotatable bonds is 4. The van der Waals surface area contributed by atoms with Gasteiger partial charge < -0.3 is 15.8 Å². The molecule has 0 aliphatic carbocycles. The van der Waals surface area contributed by atoms with Gasteiger partial charge in [-0.15, -0.1) is 0 Å². The largest absolute Gasteiger partial charge is 0.465 e. The van der Waals surface area contributed by atoms with E-state index < -0.39 is 12.0 Å². The van der Waals surface area contributed by atoms with Gasteiger partial charge in [-0.1, -0.05) is 13.8 Å². The van der Waals surface area contributed by atoms with E-state index in [1.165, 1.54) is 7.11 Å². The minimum atomic E-state index is -0.556. The molecule has 104 valence electrons. The lowest BCUT2D eigenvalue weighted by Gasteiger charge is -2.16. The standard InChI is InChI=1S/C14H20N2O3/c1-8(2)12(15)13(17)16-11-6-5-10(7-9(11)3)14(18)19-4/h5-8,12H,15H2,1-4H3,(H,16,17). The molecular weight excluding hydrogens is 244 g/mol. The summed E-state index contributed by atoms with van der Waals surface area (Å²) in [6.45, 7) is 5.58. The lowest BCUT2D eigenvalue weighted by Crippen LogP contribution is -2.39. The number of methoxy groups -OCH3 is 1. The van der Waals surface area contributed by atoms with Crippen LogP contribution in [0.15, 0.2) is 18.2 Å². The summed E-state index contributed by atoms with van der Waals surface area (Å²) in [6.07, 6.45) is 0. The van der Waals surface area contributed by atoms with E-state index in [1.807, 2.05) is 20.8 Å². The van der Waals surface area contributed by atoms with E-state index in [4.69, 9.17) is 5.73 Å². The average molecular weight is 264 g/mol. The molecule has 0 aliphatic heterocycles. The van der Waals surface area contributed by atoms with Crippen LogP contribution in [-0.4, -0.2) is 25.0 Å². The zero-order chi connectivity index (χ0) is 14.6. The quantitative estimate of drug-likeness (QED) is 0.811. The molecule has 0 aromatic heterocycles. The maximum atomic E-state index is 11.9. The average Bonchev–Trinajstić information content (AvgIpc) is 2.38. The highest BCUT2D eigenvalue weighted by Crippen LogP contribution is 2.17. The highest BCUT2D eigenvalue weighted by atomic mass is 16.5. The lowest BCUT2D eigenvalue weighted by molar-refractivity contribution is -0.118. The molecule has 5 heteroatoms. The second-order valence-corrected chi connectivity index (χ2v) is 4.78. The Kier molecular flexibility index (Phi) is 5.06. The Labute approximate surface area is 113 Å². The minimum absolute atomic E-state index is 0.0645. The molecule has 0 radical (unpaired) electrons. The van der Waals surface area contributed by atoms with Gasteiger partial charge in [0.1, 0.15) is 0 Å². The Balaban J connectivity index is 2.86. The second-order valence-electron chi connectivity index (χ2n) is 4.78. The zero-order valence-electron chi connectivity index (χ0n) is 11.7.